The molecule has 0 radical (unpaired) electrons. The Kier molecular flexibility index (Phi) is 3.94. The number of rotatable bonds is 3. The monoisotopic (exact) mass is 300 g/mol. The van der Waals surface area contributed by atoms with Crippen LogP contribution >= 0.6 is 0 Å². The Morgan fingerprint density at radius 3 is 2.59 bits per heavy atom. The second kappa shape index (κ2) is 5.89. The summed E-state index contributed by atoms with van der Waals surface area (Å²) in [5.41, 5.74) is 3.63. The molecular weight excluding hydrogens is 278 g/mol. The summed E-state index contributed by atoms with van der Waals surface area (Å²) in [7, 11) is 3.77. The highest BCUT2D eigenvalue weighted by Crippen LogP contribution is 2.34. The second-order valence-electron chi connectivity index (χ2n) is 5.99. The van der Waals surface area contributed by atoms with Gasteiger partial charge in [-0.25, -0.2) is 0 Å². The molecule has 0 aromatic heterocycles. The Labute approximate surface area is 130 Å². The Morgan fingerprint density at radius 2 is 1.91 bits per heavy atom. The van der Waals surface area contributed by atoms with Crippen LogP contribution in [0.5, 0.6) is 17.2 Å². The molecule has 0 aliphatic carbocycles. The highest BCUT2D eigenvalue weighted by molar-refractivity contribution is 5.48. The number of phenolic OH excluding ortho intramolecular Hbond substituents is 2. The van der Waals surface area contributed by atoms with Gasteiger partial charge in [-0.05, 0) is 35.4 Å². The standard InChI is InChI=1S/C18H21NO3/c1-19-8-7-13-10-18(22-2)17(21)11-15(13)16(19)9-12-3-5-14(20)6-4-12/h3-6,10-11,16,20-21H,7-9H2,1-2H3/p+1/t16-/m0/s1. The van der Waals surface area contributed by atoms with Crippen LogP contribution in [0, 0.1) is 0 Å². The van der Waals surface area contributed by atoms with Crippen LogP contribution in [-0.4, -0.2) is 30.9 Å². The average Bonchev–Trinajstić information content (AvgIpc) is 2.52. The van der Waals surface area contributed by atoms with E-state index in [1.54, 1.807) is 19.2 Å². The minimum Gasteiger partial charge on any atom is -0.508 e. The first-order chi connectivity index (χ1) is 10.6. The van der Waals surface area contributed by atoms with Crippen molar-refractivity contribution in [3.05, 3.63) is 53.1 Å². The molecule has 2 aromatic rings. The molecule has 0 bridgehead atoms. The molecule has 1 aliphatic rings. The van der Waals surface area contributed by atoms with Crippen molar-refractivity contribution < 1.29 is 19.8 Å². The molecule has 1 heterocycles. The van der Waals surface area contributed by atoms with Crippen molar-refractivity contribution in [3.63, 3.8) is 0 Å². The van der Waals surface area contributed by atoms with Crippen molar-refractivity contribution in [2.24, 2.45) is 0 Å². The van der Waals surface area contributed by atoms with Gasteiger partial charge >= 0.3 is 0 Å². The third kappa shape index (κ3) is 2.74. The molecule has 2 aromatic carbocycles. The van der Waals surface area contributed by atoms with Crippen molar-refractivity contribution in [1.82, 2.24) is 0 Å². The van der Waals surface area contributed by atoms with Crippen LogP contribution in [0.2, 0.25) is 0 Å². The summed E-state index contributed by atoms with van der Waals surface area (Å²) in [5, 5.41) is 19.5. The predicted molar refractivity (Wildman–Crippen MR) is 84.7 cm³/mol. The van der Waals surface area contributed by atoms with E-state index in [2.05, 4.69) is 7.05 Å². The lowest BCUT2D eigenvalue weighted by molar-refractivity contribution is -0.914. The average molecular weight is 300 g/mol. The van der Waals surface area contributed by atoms with Crippen molar-refractivity contribution >= 4 is 0 Å². The van der Waals surface area contributed by atoms with Crippen LogP contribution < -0.4 is 9.64 Å². The molecule has 0 saturated carbocycles. The summed E-state index contributed by atoms with van der Waals surface area (Å²) in [6, 6.07) is 11.5. The molecule has 4 nitrogen and oxygen atoms in total. The predicted octanol–water partition coefficient (Wildman–Crippen LogP) is 1.46. The largest absolute Gasteiger partial charge is 0.508 e. The van der Waals surface area contributed by atoms with Gasteiger partial charge in [-0.3, -0.25) is 0 Å². The van der Waals surface area contributed by atoms with E-state index in [9.17, 15) is 10.2 Å². The van der Waals surface area contributed by atoms with E-state index in [4.69, 9.17) is 4.74 Å². The van der Waals surface area contributed by atoms with Crippen LogP contribution in [0.4, 0.5) is 0 Å². The van der Waals surface area contributed by atoms with Crippen LogP contribution in [0.3, 0.4) is 0 Å². The first kappa shape index (κ1) is 14.7. The third-order valence-electron chi connectivity index (χ3n) is 4.58. The van der Waals surface area contributed by atoms with Crippen molar-refractivity contribution in [2.75, 3.05) is 20.7 Å². The fourth-order valence-electron chi connectivity index (χ4n) is 3.25. The van der Waals surface area contributed by atoms with Gasteiger partial charge in [-0.2, -0.15) is 0 Å². The van der Waals surface area contributed by atoms with Gasteiger partial charge < -0.3 is 19.8 Å². The van der Waals surface area contributed by atoms with E-state index >= 15 is 0 Å². The molecule has 0 saturated heterocycles. The molecule has 22 heavy (non-hydrogen) atoms. The summed E-state index contributed by atoms with van der Waals surface area (Å²) >= 11 is 0. The summed E-state index contributed by atoms with van der Waals surface area (Å²) in [6.45, 7) is 1.06. The van der Waals surface area contributed by atoms with Crippen LogP contribution in [0.15, 0.2) is 36.4 Å². The molecular formula is C18H22NO3+. The number of quaternary nitrogens is 1. The van der Waals surface area contributed by atoms with Gasteiger partial charge in [0.25, 0.3) is 0 Å². The number of likely N-dealkylation sites (N-methyl/N-ethyl adjacent to an activating group) is 1. The number of benzene rings is 2. The van der Waals surface area contributed by atoms with Crippen molar-refractivity contribution in [2.45, 2.75) is 18.9 Å². The lowest BCUT2D eigenvalue weighted by atomic mass is 9.88. The summed E-state index contributed by atoms with van der Waals surface area (Å²) in [6.07, 6.45) is 1.87. The van der Waals surface area contributed by atoms with Gasteiger partial charge in [0.05, 0.1) is 20.7 Å². The van der Waals surface area contributed by atoms with Gasteiger partial charge in [0, 0.05) is 18.4 Å². The second-order valence-corrected chi connectivity index (χ2v) is 5.99. The normalized spacial score (nSPS) is 20.5. The molecule has 1 aliphatic heterocycles. The summed E-state index contributed by atoms with van der Waals surface area (Å²) < 4.78 is 5.22. The van der Waals surface area contributed by atoms with E-state index in [1.165, 1.54) is 21.6 Å². The molecule has 2 atom stereocenters. The number of hydrogen-bond acceptors (Lipinski definition) is 3. The van der Waals surface area contributed by atoms with E-state index < -0.39 is 0 Å². The van der Waals surface area contributed by atoms with Gasteiger partial charge in [-0.15, -0.1) is 0 Å². The van der Waals surface area contributed by atoms with Gasteiger partial charge in [-0.1, -0.05) is 12.1 Å². The SMILES string of the molecule is COc1cc2c(cc1O)[C@H](Cc1ccc(O)cc1)[NH+](C)CC2. The highest BCUT2D eigenvalue weighted by atomic mass is 16.5. The third-order valence-corrected chi connectivity index (χ3v) is 4.58. The Balaban J connectivity index is 1.95. The topological polar surface area (TPSA) is 54.1 Å². The lowest BCUT2D eigenvalue weighted by Crippen LogP contribution is -3.10. The molecule has 0 spiro atoms. The smallest absolute Gasteiger partial charge is 0.160 e. The fourth-order valence-corrected chi connectivity index (χ4v) is 3.25. The fraction of sp³-hybridized carbons (Fsp3) is 0.333. The lowest BCUT2D eigenvalue weighted by Gasteiger charge is -2.32. The van der Waals surface area contributed by atoms with Gasteiger partial charge in [0.2, 0.25) is 0 Å². The maximum atomic E-state index is 10.1. The number of aromatic hydroxyl groups is 2. The van der Waals surface area contributed by atoms with Crippen LogP contribution in [0.25, 0.3) is 0 Å². The molecule has 3 rings (SSSR count). The van der Waals surface area contributed by atoms with Gasteiger partial charge in [0.1, 0.15) is 11.8 Å². The Hall–Kier alpha value is -2.20. The number of phenols is 2. The first-order valence-electron chi connectivity index (χ1n) is 7.58. The first-order valence-corrected chi connectivity index (χ1v) is 7.58. The zero-order chi connectivity index (χ0) is 15.7. The maximum absolute atomic E-state index is 10.1. The molecule has 3 N–H and O–H groups in total. The Morgan fingerprint density at radius 1 is 1.18 bits per heavy atom. The molecule has 1 unspecified atom stereocenters. The van der Waals surface area contributed by atoms with E-state index in [0.717, 1.165) is 19.4 Å². The van der Waals surface area contributed by atoms with E-state index in [-0.39, 0.29) is 11.5 Å². The molecule has 0 fully saturated rings. The van der Waals surface area contributed by atoms with Crippen LogP contribution in [-0.2, 0) is 12.8 Å². The van der Waals surface area contributed by atoms with E-state index in [1.807, 2.05) is 24.3 Å². The zero-order valence-electron chi connectivity index (χ0n) is 13.0. The highest BCUT2D eigenvalue weighted by Gasteiger charge is 2.29. The zero-order valence-corrected chi connectivity index (χ0v) is 13.0. The van der Waals surface area contributed by atoms with Crippen molar-refractivity contribution in [1.29, 1.82) is 0 Å². The Bertz CT molecular complexity index is 667. The van der Waals surface area contributed by atoms with E-state index in [0.29, 0.717) is 11.8 Å². The molecule has 4 heteroatoms. The minimum atomic E-state index is 0.201. The maximum Gasteiger partial charge on any atom is 0.160 e. The molecule has 116 valence electrons. The summed E-state index contributed by atoms with van der Waals surface area (Å²) in [4.78, 5) is 1.44. The quantitative estimate of drug-likeness (QED) is 0.804. The number of ether oxygens (including phenoxy) is 1. The van der Waals surface area contributed by atoms with Gasteiger partial charge in [0.15, 0.2) is 11.5 Å². The van der Waals surface area contributed by atoms with Crippen LogP contribution in [0.1, 0.15) is 22.7 Å². The molecule has 0 amide bonds. The minimum absolute atomic E-state index is 0.201. The number of hydrogen-bond donors (Lipinski definition) is 3. The number of methoxy groups -OCH3 is 1. The summed E-state index contributed by atoms with van der Waals surface area (Å²) in [5.74, 6) is 1.03. The number of fused-ring (bicyclic) bond motifs is 1. The van der Waals surface area contributed by atoms with Crippen molar-refractivity contribution in [3.8, 4) is 17.2 Å². The number of nitrogens with one attached hydrogen (secondary N) is 1.